The van der Waals surface area contributed by atoms with Crippen molar-refractivity contribution in [3.63, 3.8) is 0 Å². The van der Waals surface area contributed by atoms with Gasteiger partial charge in [-0.3, -0.25) is 4.79 Å². The zero-order valence-corrected chi connectivity index (χ0v) is 19.5. The second-order valence-electron chi connectivity index (χ2n) is 11.9. The van der Waals surface area contributed by atoms with Crippen molar-refractivity contribution in [3.05, 3.63) is 0 Å². The van der Waals surface area contributed by atoms with E-state index in [2.05, 4.69) is 26.1 Å². The van der Waals surface area contributed by atoms with Crippen molar-refractivity contribution >= 4 is 5.91 Å². The number of carbonyl (C=O) groups excluding carboxylic acids is 1. The van der Waals surface area contributed by atoms with Crippen LogP contribution in [0.25, 0.3) is 0 Å². The van der Waals surface area contributed by atoms with Gasteiger partial charge in [0, 0.05) is 13.0 Å². The molecule has 0 spiro atoms. The van der Waals surface area contributed by atoms with Crippen molar-refractivity contribution in [2.24, 2.45) is 46.3 Å². The van der Waals surface area contributed by atoms with Crippen molar-refractivity contribution in [2.75, 3.05) is 13.2 Å². The highest BCUT2D eigenvalue weighted by Crippen LogP contribution is 2.68. The minimum Gasteiger partial charge on any atom is -0.395 e. The van der Waals surface area contributed by atoms with Gasteiger partial charge in [-0.2, -0.15) is 0 Å². The molecule has 4 saturated carbocycles. The first-order chi connectivity index (χ1) is 14.3. The van der Waals surface area contributed by atoms with Gasteiger partial charge in [0.15, 0.2) is 0 Å². The van der Waals surface area contributed by atoms with Gasteiger partial charge >= 0.3 is 0 Å². The zero-order chi connectivity index (χ0) is 21.5. The second-order valence-corrected chi connectivity index (χ2v) is 11.9. The SMILES string of the molecule is C[C@H](CCC(=O)NCCO)[C@@H]1CC[C@@H]2[C@@H]3CC[C@@H]4C[C@H](O)CC[C@]4(C)[C@H]3CC[C@@]21C. The van der Waals surface area contributed by atoms with E-state index in [1.54, 1.807) is 0 Å². The highest BCUT2D eigenvalue weighted by Gasteiger charge is 2.60. The molecule has 4 rings (SSSR count). The summed E-state index contributed by atoms with van der Waals surface area (Å²) in [5.74, 6) is 4.76. The molecule has 0 aliphatic heterocycles. The quantitative estimate of drug-likeness (QED) is 0.592. The lowest BCUT2D eigenvalue weighted by Crippen LogP contribution is -2.54. The van der Waals surface area contributed by atoms with Crippen LogP contribution in [-0.4, -0.2) is 35.4 Å². The molecule has 1 amide bonds. The molecule has 0 heterocycles. The van der Waals surface area contributed by atoms with Gasteiger partial charge in [0.25, 0.3) is 0 Å². The Labute approximate surface area is 183 Å². The largest absolute Gasteiger partial charge is 0.395 e. The number of amides is 1. The van der Waals surface area contributed by atoms with E-state index in [-0.39, 0.29) is 18.6 Å². The highest BCUT2D eigenvalue weighted by atomic mass is 16.3. The maximum atomic E-state index is 12.0. The summed E-state index contributed by atoms with van der Waals surface area (Å²) < 4.78 is 0. The summed E-state index contributed by atoms with van der Waals surface area (Å²) in [4.78, 5) is 12.0. The monoisotopic (exact) mass is 419 g/mol. The Morgan fingerprint density at radius 2 is 1.77 bits per heavy atom. The fourth-order valence-electron chi connectivity index (χ4n) is 9.05. The van der Waals surface area contributed by atoms with E-state index < -0.39 is 0 Å². The summed E-state index contributed by atoms with van der Waals surface area (Å²) in [6, 6.07) is 0. The van der Waals surface area contributed by atoms with Crippen molar-refractivity contribution in [3.8, 4) is 0 Å². The molecule has 0 aromatic carbocycles. The molecule has 0 unspecified atom stereocenters. The molecular formula is C26H45NO3. The first kappa shape index (κ1) is 22.6. The van der Waals surface area contributed by atoms with Crippen LogP contribution >= 0.6 is 0 Å². The molecule has 0 aromatic heterocycles. The minimum absolute atomic E-state index is 0.0188. The van der Waals surface area contributed by atoms with Crippen molar-refractivity contribution in [2.45, 2.75) is 97.5 Å². The smallest absolute Gasteiger partial charge is 0.220 e. The number of aliphatic hydroxyl groups is 2. The fraction of sp³-hybridized carbons (Fsp3) is 0.962. The molecule has 0 bridgehead atoms. The molecule has 0 aromatic rings. The predicted molar refractivity (Wildman–Crippen MR) is 120 cm³/mol. The van der Waals surface area contributed by atoms with E-state index in [0.29, 0.717) is 29.7 Å². The molecule has 3 N–H and O–H groups in total. The Balaban J connectivity index is 1.42. The molecule has 4 nitrogen and oxygen atoms in total. The Morgan fingerprint density at radius 3 is 2.53 bits per heavy atom. The van der Waals surface area contributed by atoms with E-state index in [9.17, 15) is 9.90 Å². The van der Waals surface area contributed by atoms with E-state index in [0.717, 1.165) is 48.9 Å². The van der Waals surface area contributed by atoms with Gasteiger partial charge in [0.05, 0.1) is 12.7 Å². The Bertz CT molecular complexity index is 623. The molecule has 30 heavy (non-hydrogen) atoms. The second kappa shape index (κ2) is 8.73. The molecule has 4 aliphatic rings. The van der Waals surface area contributed by atoms with Gasteiger partial charge in [-0.1, -0.05) is 20.8 Å². The Morgan fingerprint density at radius 1 is 1.03 bits per heavy atom. The third-order valence-electron chi connectivity index (χ3n) is 10.7. The van der Waals surface area contributed by atoms with Crippen molar-refractivity contribution in [1.29, 1.82) is 0 Å². The van der Waals surface area contributed by atoms with Crippen molar-refractivity contribution in [1.82, 2.24) is 5.32 Å². The summed E-state index contributed by atoms with van der Waals surface area (Å²) in [5.41, 5.74) is 0.900. The number of aliphatic hydroxyl groups excluding tert-OH is 2. The number of hydrogen-bond acceptors (Lipinski definition) is 3. The molecule has 0 saturated heterocycles. The average molecular weight is 420 g/mol. The topological polar surface area (TPSA) is 69.6 Å². The summed E-state index contributed by atoms with van der Waals surface area (Å²) in [7, 11) is 0. The lowest BCUT2D eigenvalue weighted by Gasteiger charge is -2.61. The molecule has 4 heteroatoms. The maximum Gasteiger partial charge on any atom is 0.220 e. The first-order valence-corrected chi connectivity index (χ1v) is 12.8. The van der Waals surface area contributed by atoms with Crippen LogP contribution in [0, 0.1) is 46.3 Å². The lowest BCUT2D eigenvalue weighted by atomic mass is 9.44. The van der Waals surface area contributed by atoms with E-state index in [4.69, 9.17) is 5.11 Å². The van der Waals surface area contributed by atoms with Crippen molar-refractivity contribution < 1.29 is 15.0 Å². The van der Waals surface area contributed by atoms with Crippen LogP contribution in [0.3, 0.4) is 0 Å². The lowest BCUT2D eigenvalue weighted by molar-refractivity contribution is -0.129. The van der Waals surface area contributed by atoms with Crippen LogP contribution in [0.1, 0.15) is 91.4 Å². The molecular weight excluding hydrogens is 374 g/mol. The summed E-state index contributed by atoms with van der Waals surface area (Å²) in [6.45, 7) is 7.93. The Hall–Kier alpha value is -0.610. The van der Waals surface area contributed by atoms with Gasteiger partial charge in [-0.25, -0.2) is 0 Å². The first-order valence-electron chi connectivity index (χ1n) is 12.8. The summed E-state index contributed by atoms with van der Waals surface area (Å²) in [5, 5.41) is 21.9. The van der Waals surface area contributed by atoms with Gasteiger partial charge < -0.3 is 15.5 Å². The molecule has 172 valence electrons. The van der Waals surface area contributed by atoms with Gasteiger partial charge in [-0.05, 0) is 111 Å². The normalized spacial score (nSPS) is 46.4. The maximum absolute atomic E-state index is 12.0. The number of rotatable bonds is 6. The van der Waals surface area contributed by atoms with Crippen LogP contribution in [0.5, 0.6) is 0 Å². The van der Waals surface area contributed by atoms with Crippen LogP contribution in [0.4, 0.5) is 0 Å². The molecule has 9 atom stereocenters. The van der Waals surface area contributed by atoms with Gasteiger partial charge in [0.1, 0.15) is 0 Å². The number of hydrogen-bond donors (Lipinski definition) is 3. The fourth-order valence-corrected chi connectivity index (χ4v) is 9.05. The summed E-state index contributed by atoms with van der Waals surface area (Å²) >= 11 is 0. The third kappa shape index (κ3) is 3.85. The van der Waals surface area contributed by atoms with E-state index in [1.165, 1.54) is 44.9 Å². The van der Waals surface area contributed by atoms with Gasteiger partial charge in [-0.15, -0.1) is 0 Å². The minimum atomic E-state index is -0.0558. The summed E-state index contributed by atoms with van der Waals surface area (Å²) in [6.07, 6.45) is 12.9. The van der Waals surface area contributed by atoms with Gasteiger partial charge in [0.2, 0.25) is 5.91 Å². The number of fused-ring (bicyclic) bond motifs is 5. The predicted octanol–water partition coefficient (Wildman–Crippen LogP) is 4.53. The molecule has 4 aliphatic carbocycles. The zero-order valence-electron chi connectivity index (χ0n) is 19.5. The Kier molecular flexibility index (Phi) is 6.57. The van der Waals surface area contributed by atoms with E-state index in [1.807, 2.05) is 0 Å². The standard InChI is InChI=1S/C26H45NO3/c1-17(4-9-24(30)27-14-15-28)21-7-8-22-20-6-5-18-16-19(29)10-12-25(18,2)23(20)11-13-26(21,22)3/h17-23,28-29H,4-16H2,1-3H3,(H,27,30)/t17-,18-,19-,20+,21+,22-,23+,25+,26-/m1/s1. The van der Waals surface area contributed by atoms with Crippen LogP contribution in [-0.2, 0) is 4.79 Å². The van der Waals surface area contributed by atoms with Crippen LogP contribution < -0.4 is 5.32 Å². The molecule has 4 fully saturated rings. The highest BCUT2D eigenvalue weighted by molar-refractivity contribution is 5.75. The van der Waals surface area contributed by atoms with Crippen LogP contribution in [0.15, 0.2) is 0 Å². The third-order valence-corrected chi connectivity index (χ3v) is 10.7. The molecule has 0 radical (unpaired) electrons. The average Bonchev–Trinajstić information content (AvgIpc) is 3.08. The van der Waals surface area contributed by atoms with Crippen LogP contribution in [0.2, 0.25) is 0 Å². The number of nitrogens with one attached hydrogen (secondary N) is 1. The number of carbonyl (C=O) groups is 1. The van der Waals surface area contributed by atoms with E-state index >= 15 is 0 Å².